The summed E-state index contributed by atoms with van der Waals surface area (Å²) in [6, 6.07) is 12.1. The number of esters is 1. The third kappa shape index (κ3) is 4.67. The fourth-order valence-corrected chi connectivity index (χ4v) is 2.05. The molecule has 0 fully saturated rings. The van der Waals surface area contributed by atoms with Crippen LogP contribution in [0.1, 0.15) is 21.5 Å². The molecule has 0 N–H and O–H groups in total. The minimum Gasteiger partial charge on any atom is -0.463 e. The minimum atomic E-state index is -1.57. The van der Waals surface area contributed by atoms with Gasteiger partial charge in [0.25, 0.3) is 5.78 Å². The van der Waals surface area contributed by atoms with Crippen LogP contribution in [0.5, 0.6) is 0 Å². The van der Waals surface area contributed by atoms with Crippen LogP contribution in [0.2, 0.25) is 0 Å². The zero-order chi connectivity index (χ0) is 18.4. The molecule has 0 saturated carbocycles. The highest BCUT2D eigenvalue weighted by molar-refractivity contribution is 6.41. The van der Waals surface area contributed by atoms with Crippen LogP contribution in [0.3, 0.4) is 0 Å². The Kier molecular flexibility index (Phi) is 5.89. The molecule has 6 nitrogen and oxygen atoms in total. The Balaban J connectivity index is 2.33. The number of hydrogen-bond donors (Lipinski definition) is 0. The van der Waals surface area contributed by atoms with E-state index in [1.807, 2.05) is 26.0 Å². The Hall–Kier alpha value is -3.15. The first kappa shape index (κ1) is 18.2. The third-order valence-electron chi connectivity index (χ3n) is 3.54. The molecule has 0 heterocycles. The van der Waals surface area contributed by atoms with Crippen LogP contribution in [0.15, 0.2) is 58.8 Å². The van der Waals surface area contributed by atoms with Crippen molar-refractivity contribution in [3.63, 3.8) is 0 Å². The van der Waals surface area contributed by atoms with Crippen molar-refractivity contribution in [1.29, 1.82) is 0 Å². The van der Waals surface area contributed by atoms with Crippen molar-refractivity contribution < 1.29 is 19.1 Å². The average molecular weight is 338 g/mol. The van der Waals surface area contributed by atoms with Crippen molar-refractivity contribution in [2.24, 2.45) is 10.2 Å². The Morgan fingerprint density at radius 2 is 1.40 bits per heavy atom. The maximum atomic E-state index is 12.6. The van der Waals surface area contributed by atoms with E-state index in [-0.39, 0.29) is 5.56 Å². The molecule has 0 radical (unpaired) electrons. The van der Waals surface area contributed by atoms with Crippen molar-refractivity contribution in [2.75, 3.05) is 7.11 Å². The van der Waals surface area contributed by atoms with Gasteiger partial charge in [0, 0.05) is 5.56 Å². The van der Waals surface area contributed by atoms with Gasteiger partial charge >= 0.3 is 5.97 Å². The highest BCUT2D eigenvalue weighted by Crippen LogP contribution is 2.16. The molecule has 0 spiro atoms. The van der Waals surface area contributed by atoms with E-state index in [9.17, 15) is 14.4 Å². The zero-order valence-electron chi connectivity index (χ0n) is 14.2. The van der Waals surface area contributed by atoms with E-state index >= 15 is 0 Å². The van der Waals surface area contributed by atoms with E-state index < -0.39 is 23.6 Å². The number of carbonyl (C=O) groups excluding carboxylic acids is 3. The Morgan fingerprint density at radius 1 is 0.880 bits per heavy atom. The Labute approximate surface area is 145 Å². The van der Waals surface area contributed by atoms with Gasteiger partial charge in [-0.2, -0.15) is 10.2 Å². The molecule has 0 amide bonds. The van der Waals surface area contributed by atoms with E-state index in [0.717, 1.165) is 18.2 Å². The lowest BCUT2D eigenvalue weighted by Gasteiger charge is -2.08. The highest BCUT2D eigenvalue weighted by Gasteiger charge is 2.33. The minimum absolute atomic E-state index is 0.274. The van der Waals surface area contributed by atoms with Gasteiger partial charge in [-0.1, -0.05) is 47.5 Å². The number of ether oxygens (including phenoxy) is 1. The molecule has 0 aliphatic carbocycles. The largest absolute Gasteiger partial charge is 0.463 e. The number of hydrogen-bond acceptors (Lipinski definition) is 6. The zero-order valence-corrected chi connectivity index (χ0v) is 14.2. The summed E-state index contributed by atoms with van der Waals surface area (Å²) in [5.74, 6) is -2.79. The monoisotopic (exact) mass is 338 g/mol. The summed E-state index contributed by atoms with van der Waals surface area (Å²) in [4.78, 5) is 36.4. The van der Waals surface area contributed by atoms with Gasteiger partial charge in [0.2, 0.25) is 6.04 Å². The molecule has 128 valence electrons. The number of carbonyl (C=O) groups is 3. The summed E-state index contributed by atoms with van der Waals surface area (Å²) in [5, 5.41) is 7.74. The SMILES string of the molecule is COC(=O)C(=O)C(N=Nc1ccc(C)cc1)C(=O)c1ccc(C)cc1. The second kappa shape index (κ2) is 8.10. The lowest BCUT2D eigenvalue weighted by Crippen LogP contribution is -2.34. The molecule has 0 saturated heterocycles. The first-order valence-electron chi connectivity index (χ1n) is 7.63. The van der Waals surface area contributed by atoms with Gasteiger partial charge in [-0.05, 0) is 26.0 Å². The van der Waals surface area contributed by atoms with E-state index in [4.69, 9.17) is 0 Å². The summed E-state index contributed by atoms with van der Waals surface area (Å²) < 4.78 is 4.42. The molecule has 1 atom stereocenters. The van der Waals surface area contributed by atoms with Gasteiger partial charge in [-0.3, -0.25) is 9.59 Å². The second-order valence-corrected chi connectivity index (χ2v) is 5.54. The molecule has 6 heteroatoms. The highest BCUT2D eigenvalue weighted by atomic mass is 16.5. The second-order valence-electron chi connectivity index (χ2n) is 5.54. The van der Waals surface area contributed by atoms with E-state index in [1.165, 1.54) is 0 Å². The van der Waals surface area contributed by atoms with Crippen molar-refractivity contribution >= 4 is 23.2 Å². The summed E-state index contributed by atoms with van der Waals surface area (Å²) in [6.45, 7) is 3.80. The number of Topliss-reactive ketones (excluding diaryl/α,β-unsaturated/α-hetero) is 2. The fourth-order valence-electron chi connectivity index (χ4n) is 2.05. The van der Waals surface area contributed by atoms with Gasteiger partial charge in [0.05, 0.1) is 12.8 Å². The van der Waals surface area contributed by atoms with Crippen LogP contribution in [0.4, 0.5) is 5.69 Å². The van der Waals surface area contributed by atoms with Gasteiger partial charge in [0.1, 0.15) is 0 Å². The predicted molar refractivity (Wildman–Crippen MR) is 92.0 cm³/mol. The van der Waals surface area contributed by atoms with Crippen LogP contribution < -0.4 is 0 Å². The normalized spacial score (nSPS) is 12.0. The van der Waals surface area contributed by atoms with E-state index in [2.05, 4.69) is 15.0 Å². The van der Waals surface area contributed by atoms with Crippen molar-refractivity contribution in [1.82, 2.24) is 0 Å². The van der Waals surface area contributed by atoms with Gasteiger partial charge in [-0.25, -0.2) is 4.79 Å². The quantitative estimate of drug-likeness (QED) is 0.266. The van der Waals surface area contributed by atoms with Crippen LogP contribution >= 0.6 is 0 Å². The molecule has 0 aromatic heterocycles. The van der Waals surface area contributed by atoms with E-state index in [1.54, 1.807) is 36.4 Å². The Bertz CT molecular complexity index is 808. The molecular weight excluding hydrogens is 320 g/mol. The summed E-state index contributed by atoms with van der Waals surface area (Å²) >= 11 is 0. The third-order valence-corrected chi connectivity index (χ3v) is 3.54. The van der Waals surface area contributed by atoms with Gasteiger partial charge < -0.3 is 4.74 Å². The summed E-state index contributed by atoms with van der Waals surface area (Å²) in [5.41, 5.74) is 2.76. The maximum absolute atomic E-state index is 12.6. The molecule has 2 aromatic rings. The summed E-state index contributed by atoms with van der Waals surface area (Å²) in [7, 11) is 1.07. The molecule has 2 rings (SSSR count). The van der Waals surface area contributed by atoms with E-state index in [0.29, 0.717) is 5.69 Å². The van der Waals surface area contributed by atoms with Crippen LogP contribution in [0, 0.1) is 13.8 Å². The molecule has 25 heavy (non-hydrogen) atoms. The number of aryl methyl sites for hydroxylation is 2. The van der Waals surface area contributed by atoms with Crippen LogP contribution in [0.25, 0.3) is 0 Å². The number of azo groups is 1. The lowest BCUT2D eigenvalue weighted by atomic mass is 10.0. The lowest BCUT2D eigenvalue weighted by molar-refractivity contribution is -0.151. The van der Waals surface area contributed by atoms with Crippen LogP contribution in [-0.4, -0.2) is 30.7 Å². The smallest absolute Gasteiger partial charge is 0.377 e. The number of nitrogens with zero attached hydrogens (tertiary/aromatic N) is 2. The topological polar surface area (TPSA) is 85.2 Å². The predicted octanol–water partition coefficient (Wildman–Crippen LogP) is 3.38. The molecule has 0 aliphatic heterocycles. The maximum Gasteiger partial charge on any atom is 0.377 e. The number of methoxy groups -OCH3 is 1. The molecule has 1 unspecified atom stereocenters. The van der Waals surface area contributed by atoms with Gasteiger partial charge in [-0.15, -0.1) is 0 Å². The molecule has 0 aliphatic rings. The van der Waals surface area contributed by atoms with Gasteiger partial charge in [0.15, 0.2) is 5.78 Å². The number of ketones is 2. The van der Waals surface area contributed by atoms with Crippen molar-refractivity contribution in [3.05, 3.63) is 65.2 Å². The Morgan fingerprint density at radius 3 is 1.92 bits per heavy atom. The van der Waals surface area contributed by atoms with Crippen LogP contribution in [-0.2, 0) is 14.3 Å². The molecular formula is C19H18N2O4. The number of rotatable bonds is 6. The molecule has 2 aromatic carbocycles. The summed E-state index contributed by atoms with van der Waals surface area (Å²) in [6.07, 6.45) is 0. The van der Waals surface area contributed by atoms with Crippen molar-refractivity contribution in [3.8, 4) is 0 Å². The standard InChI is InChI=1S/C19H18N2O4/c1-12-4-8-14(9-5-12)17(22)16(18(23)19(24)25-3)21-20-15-10-6-13(2)7-11-15/h4-11,16H,1-3H3. The fraction of sp³-hybridized carbons (Fsp3) is 0.211. The first-order valence-corrected chi connectivity index (χ1v) is 7.63. The van der Waals surface area contributed by atoms with Crippen molar-refractivity contribution in [2.45, 2.75) is 19.9 Å². The first-order chi connectivity index (χ1) is 11.9. The number of benzene rings is 2. The average Bonchev–Trinajstić information content (AvgIpc) is 2.62. The molecule has 0 bridgehead atoms.